The average Bonchev–Trinajstić information content (AvgIpc) is 3.02. The van der Waals surface area contributed by atoms with Crippen LogP contribution in [0.1, 0.15) is 59.8 Å². The molecule has 12 heteroatoms. The minimum Gasteiger partial charge on any atom is -0.351 e. The summed E-state index contributed by atoms with van der Waals surface area (Å²) in [5.74, 6) is -3.91. The number of carbonyl (C=O) groups excluding carboxylic acids is 4. The molecule has 6 fully saturated rings. The number of piperidine rings is 1. The maximum absolute atomic E-state index is 13.8. The van der Waals surface area contributed by atoms with E-state index >= 15 is 0 Å². The van der Waals surface area contributed by atoms with E-state index in [0.717, 1.165) is 0 Å². The highest BCUT2D eigenvalue weighted by atomic mass is 19.4. The van der Waals surface area contributed by atoms with Gasteiger partial charge >= 0.3 is 12.1 Å². The lowest BCUT2D eigenvalue weighted by Gasteiger charge is -2.65. The van der Waals surface area contributed by atoms with E-state index in [0.29, 0.717) is 31.6 Å². The Labute approximate surface area is 219 Å². The van der Waals surface area contributed by atoms with Crippen molar-refractivity contribution in [2.24, 2.45) is 34.5 Å². The van der Waals surface area contributed by atoms with Crippen LogP contribution in [0.15, 0.2) is 0 Å². The number of hydrogen-bond acceptors (Lipinski definition) is 5. The number of nitrogens with zero attached hydrogens (tertiary/aromatic N) is 2. The van der Waals surface area contributed by atoms with E-state index in [2.05, 4.69) is 10.6 Å². The van der Waals surface area contributed by atoms with E-state index in [-0.39, 0.29) is 36.1 Å². The fourth-order valence-corrected chi connectivity index (χ4v) is 7.64. The molecule has 0 aromatic heterocycles. The van der Waals surface area contributed by atoms with Gasteiger partial charge in [0.2, 0.25) is 17.7 Å². The fourth-order valence-electron chi connectivity index (χ4n) is 7.64. The SMILES string of the molecule is CC1(C)C[C@@H](C[C@@H](C#N)NC(=O)[C@@H]2[C@@H]3[C@H](CN2C(=O)C(NC(=O)C(F)(F)F)C24CC(C2)C4)C3(C)C)C(=O)N1. The number of halogens is 3. The van der Waals surface area contributed by atoms with Crippen LogP contribution in [0.2, 0.25) is 0 Å². The van der Waals surface area contributed by atoms with Gasteiger partial charge in [-0.2, -0.15) is 18.4 Å². The van der Waals surface area contributed by atoms with Crippen molar-refractivity contribution in [3.05, 3.63) is 0 Å². The molecule has 2 heterocycles. The van der Waals surface area contributed by atoms with Crippen LogP contribution in [0, 0.1) is 45.8 Å². The molecule has 0 aromatic rings. The Morgan fingerprint density at radius 1 is 1.13 bits per heavy atom. The third kappa shape index (κ3) is 4.22. The van der Waals surface area contributed by atoms with Crippen molar-refractivity contribution < 1.29 is 32.3 Å². The molecule has 4 amide bonds. The largest absolute Gasteiger partial charge is 0.471 e. The summed E-state index contributed by atoms with van der Waals surface area (Å²) in [5.41, 5.74) is -1.37. The van der Waals surface area contributed by atoms with Crippen molar-refractivity contribution in [2.75, 3.05) is 6.54 Å². The first-order chi connectivity index (χ1) is 17.5. The maximum Gasteiger partial charge on any atom is 0.471 e. The second-order valence-corrected chi connectivity index (χ2v) is 13.3. The Morgan fingerprint density at radius 2 is 1.76 bits per heavy atom. The number of carbonyl (C=O) groups is 4. The van der Waals surface area contributed by atoms with Crippen molar-refractivity contribution in [1.29, 1.82) is 5.26 Å². The molecule has 6 aliphatic rings. The molecular formula is C26H34F3N5O4. The summed E-state index contributed by atoms with van der Waals surface area (Å²) in [6.45, 7) is 7.90. The first-order valence-corrected chi connectivity index (χ1v) is 13.2. The van der Waals surface area contributed by atoms with Gasteiger partial charge in [0.1, 0.15) is 18.1 Å². The van der Waals surface area contributed by atoms with E-state index in [9.17, 15) is 37.6 Å². The van der Waals surface area contributed by atoms with E-state index in [1.165, 1.54) is 4.90 Å². The number of hydrogen-bond donors (Lipinski definition) is 3. The van der Waals surface area contributed by atoms with Gasteiger partial charge in [0.15, 0.2) is 0 Å². The van der Waals surface area contributed by atoms with E-state index in [1.54, 1.807) is 0 Å². The number of rotatable bonds is 7. The lowest BCUT2D eigenvalue weighted by molar-refractivity contribution is -0.187. The summed E-state index contributed by atoms with van der Waals surface area (Å²) in [6.07, 6.45) is -2.79. The van der Waals surface area contributed by atoms with Crippen LogP contribution in [0.25, 0.3) is 0 Å². The van der Waals surface area contributed by atoms with E-state index < -0.39 is 58.9 Å². The second kappa shape index (κ2) is 8.33. The highest BCUT2D eigenvalue weighted by Crippen LogP contribution is 2.68. The predicted octanol–water partition coefficient (Wildman–Crippen LogP) is 1.63. The van der Waals surface area contributed by atoms with Crippen LogP contribution in [-0.2, 0) is 19.2 Å². The zero-order valence-electron chi connectivity index (χ0n) is 21.9. The molecule has 208 valence electrons. The minimum absolute atomic E-state index is 0.0175. The Balaban J connectivity index is 1.33. The van der Waals surface area contributed by atoms with Crippen LogP contribution in [-0.4, -0.2) is 64.9 Å². The van der Waals surface area contributed by atoms with Crippen LogP contribution >= 0.6 is 0 Å². The van der Waals surface area contributed by atoms with Crippen LogP contribution < -0.4 is 16.0 Å². The van der Waals surface area contributed by atoms with Gasteiger partial charge in [-0.3, -0.25) is 19.2 Å². The summed E-state index contributed by atoms with van der Waals surface area (Å²) in [7, 11) is 0. The molecule has 2 aliphatic heterocycles. The lowest BCUT2D eigenvalue weighted by atomic mass is 9.41. The topological polar surface area (TPSA) is 131 Å². The molecule has 6 atom stereocenters. The fraction of sp³-hybridized carbons (Fsp3) is 0.808. The molecule has 0 aromatic carbocycles. The molecule has 6 rings (SSSR count). The Morgan fingerprint density at radius 3 is 2.24 bits per heavy atom. The number of likely N-dealkylation sites (tertiary alicyclic amines) is 1. The first kappa shape index (κ1) is 26.8. The minimum atomic E-state index is -5.13. The van der Waals surface area contributed by atoms with Crippen molar-refractivity contribution in [3.63, 3.8) is 0 Å². The Bertz CT molecular complexity index is 1110. The summed E-state index contributed by atoms with van der Waals surface area (Å²) < 4.78 is 39.3. The van der Waals surface area contributed by atoms with E-state index in [4.69, 9.17) is 0 Å². The molecular weight excluding hydrogens is 503 g/mol. The van der Waals surface area contributed by atoms with Crippen molar-refractivity contribution >= 4 is 23.6 Å². The maximum atomic E-state index is 13.8. The van der Waals surface area contributed by atoms with E-state index in [1.807, 2.05) is 39.1 Å². The van der Waals surface area contributed by atoms with Gasteiger partial charge in [-0.15, -0.1) is 0 Å². The molecule has 0 radical (unpaired) electrons. The number of alkyl halides is 3. The zero-order chi connectivity index (χ0) is 28.0. The molecule has 38 heavy (non-hydrogen) atoms. The second-order valence-electron chi connectivity index (χ2n) is 13.3. The van der Waals surface area contributed by atoms with Gasteiger partial charge in [-0.1, -0.05) is 13.8 Å². The third-order valence-electron chi connectivity index (χ3n) is 9.82. The van der Waals surface area contributed by atoms with Crippen LogP contribution in [0.4, 0.5) is 13.2 Å². The molecule has 2 bridgehead atoms. The summed E-state index contributed by atoms with van der Waals surface area (Å²) in [5, 5.41) is 17.3. The van der Waals surface area contributed by atoms with Crippen molar-refractivity contribution in [2.45, 2.75) is 89.6 Å². The average molecular weight is 538 g/mol. The molecule has 4 saturated carbocycles. The number of amides is 4. The highest BCUT2D eigenvalue weighted by Gasteiger charge is 2.71. The van der Waals surface area contributed by atoms with Crippen LogP contribution in [0.5, 0.6) is 0 Å². The smallest absolute Gasteiger partial charge is 0.351 e. The summed E-state index contributed by atoms with van der Waals surface area (Å²) in [4.78, 5) is 52.8. The zero-order valence-corrected chi connectivity index (χ0v) is 21.9. The van der Waals surface area contributed by atoms with Gasteiger partial charge in [-0.05, 0) is 69.1 Å². The predicted molar refractivity (Wildman–Crippen MR) is 127 cm³/mol. The monoisotopic (exact) mass is 537 g/mol. The third-order valence-corrected chi connectivity index (χ3v) is 9.82. The summed E-state index contributed by atoms with van der Waals surface area (Å²) in [6, 6.07) is -1.25. The van der Waals surface area contributed by atoms with Gasteiger partial charge < -0.3 is 20.9 Å². The first-order valence-electron chi connectivity index (χ1n) is 13.2. The molecule has 1 unspecified atom stereocenters. The van der Waals surface area contributed by atoms with Gasteiger partial charge in [0.05, 0.1) is 6.07 Å². The Kier molecular flexibility index (Phi) is 5.86. The van der Waals surface area contributed by atoms with Gasteiger partial charge in [-0.25, -0.2) is 0 Å². The quantitative estimate of drug-likeness (QED) is 0.454. The standard InChI is InChI=1S/C26H34F3N5O4/c1-23(2)9-13(19(35)33-23)5-14(10-30)31-20(36)17-16-15(24(16,3)4)11-34(17)21(37)18(25-6-12(7-25)8-25)32-22(38)26(27,28)29/h12-18H,5-9,11H2,1-4H3,(H,31,36)(H,32,38)(H,33,35)/t12?,13-,14+,15+,16+,17+,18?,25?/m1/s1. The molecule has 2 saturated heterocycles. The summed E-state index contributed by atoms with van der Waals surface area (Å²) >= 11 is 0. The number of fused-ring (bicyclic) bond motifs is 1. The van der Waals surface area contributed by atoms with Crippen molar-refractivity contribution in [3.8, 4) is 6.07 Å². The highest BCUT2D eigenvalue weighted by molar-refractivity contribution is 5.95. The molecule has 3 N–H and O–H groups in total. The van der Waals surface area contributed by atoms with Crippen molar-refractivity contribution in [1.82, 2.24) is 20.9 Å². The molecule has 9 nitrogen and oxygen atoms in total. The number of nitrogens with one attached hydrogen (secondary N) is 3. The molecule has 0 spiro atoms. The van der Waals surface area contributed by atoms with Gasteiger partial charge in [0, 0.05) is 23.4 Å². The Hall–Kier alpha value is -2.84. The normalized spacial score (nSPS) is 36.9. The van der Waals surface area contributed by atoms with Gasteiger partial charge in [0.25, 0.3) is 0 Å². The lowest BCUT2D eigenvalue weighted by Crippen LogP contribution is -2.70. The van der Waals surface area contributed by atoms with Crippen LogP contribution in [0.3, 0.4) is 0 Å². The molecule has 4 aliphatic carbocycles. The number of nitriles is 1.